The van der Waals surface area contributed by atoms with Gasteiger partial charge in [-0.15, -0.1) is 5.10 Å². The van der Waals surface area contributed by atoms with Gasteiger partial charge in [-0.1, -0.05) is 11.3 Å². The van der Waals surface area contributed by atoms with Crippen LogP contribution in [-0.2, 0) is 10.0 Å². The Morgan fingerprint density at radius 2 is 1.86 bits per heavy atom. The van der Waals surface area contributed by atoms with Crippen molar-refractivity contribution in [3.05, 3.63) is 54.4 Å². The first kappa shape index (κ1) is 28.0. The summed E-state index contributed by atoms with van der Waals surface area (Å²) in [6.07, 6.45) is 10.5. The van der Waals surface area contributed by atoms with Gasteiger partial charge in [-0.05, 0) is 73.4 Å². The molecule has 2 fully saturated rings. The van der Waals surface area contributed by atoms with Gasteiger partial charge in [0.2, 0.25) is 10.0 Å². The van der Waals surface area contributed by atoms with Gasteiger partial charge in [-0.2, -0.15) is 0 Å². The zero-order valence-electron chi connectivity index (χ0n) is 23.5. The largest absolute Gasteiger partial charge is 0.460 e. The molecule has 1 saturated carbocycles. The molecule has 0 atom stereocenters. The molecular weight excluding hydrogens is 578 g/mol. The van der Waals surface area contributed by atoms with Crippen LogP contribution in [-0.4, -0.2) is 64.9 Å². The van der Waals surface area contributed by atoms with Crippen LogP contribution in [0, 0.1) is 5.41 Å². The van der Waals surface area contributed by atoms with E-state index in [-0.39, 0.29) is 25.9 Å². The van der Waals surface area contributed by atoms with E-state index in [2.05, 4.69) is 21.1 Å². The summed E-state index contributed by atoms with van der Waals surface area (Å²) in [5.41, 5.74) is 5.12. The van der Waals surface area contributed by atoms with Crippen molar-refractivity contribution in [1.29, 1.82) is 0 Å². The molecule has 4 aromatic rings. The molecule has 1 aliphatic heterocycles. The summed E-state index contributed by atoms with van der Waals surface area (Å²) in [6, 6.07) is 8.93. The molecular formula is C30H32F2N6O4S. The smallest absolute Gasteiger partial charge is 0.251 e. The molecule has 2 aliphatic carbocycles. The lowest BCUT2D eigenvalue weighted by atomic mass is 9.84. The van der Waals surface area contributed by atoms with E-state index in [0.29, 0.717) is 33.9 Å². The number of sulfonamides is 1. The highest BCUT2D eigenvalue weighted by atomic mass is 32.2. The second-order valence-corrected chi connectivity index (χ2v) is 13.7. The van der Waals surface area contributed by atoms with Gasteiger partial charge in [-0.25, -0.2) is 26.9 Å². The first-order valence-corrected chi connectivity index (χ1v) is 16.2. The number of nitrogens with one attached hydrogen (secondary N) is 1. The average Bonchev–Trinajstić information content (AvgIpc) is 3.34. The molecule has 0 unspecified atom stereocenters. The van der Waals surface area contributed by atoms with Crippen LogP contribution < -0.4 is 9.62 Å². The third-order valence-corrected chi connectivity index (χ3v) is 10.1. The van der Waals surface area contributed by atoms with Crippen molar-refractivity contribution in [2.24, 2.45) is 5.41 Å². The lowest BCUT2D eigenvalue weighted by molar-refractivity contribution is -0.0221. The quantitative estimate of drug-likeness (QED) is 0.272. The van der Waals surface area contributed by atoms with Crippen LogP contribution in [0.5, 0.6) is 0 Å². The van der Waals surface area contributed by atoms with Crippen molar-refractivity contribution in [1.82, 2.24) is 20.0 Å². The lowest BCUT2D eigenvalue weighted by Gasteiger charge is -2.32. The maximum atomic E-state index is 13.9. The number of aromatic nitrogens is 4. The van der Waals surface area contributed by atoms with Gasteiger partial charge >= 0.3 is 0 Å². The molecule has 13 heteroatoms. The van der Waals surface area contributed by atoms with E-state index in [4.69, 9.17) is 14.5 Å². The van der Waals surface area contributed by atoms with Crippen LogP contribution in [0.25, 0.3) is 33.6 Å². The molecule has 0 bridgehead atoms. The fourth-order valence-electron chi connectivity index (χ4n) is 6.08. The predicted octanol–water partition coefficient (Wildman–Crippen LogP) is 5.39. The van der Waals surface area contributed by atoms with E-state index < -0.39 is 28.3 Å². The first-order valence-electron chi connectivity index (χ1n) is 14.5. The molecule has 1 aromatic carbocycles. The number of pyridine rings is 1. The maximum Gasteiger partial charge on any atom is 0.251 e. The van der Waals surface area contributed by atoms with Crippen molar-refractivity contribution in [3.8, 4) is 17.1 Å². The summed E-state index contributed by atoms with van der Waals surface area (Å²) in [4.78, 5) is 6.62. The van der Waals surface area contributed by atoms with Crippen molar-refractivity contribution < 1.29 is 26.7 Å². The molecule has 1 spiro atoms. The molecule has 2 N–H and O–H groups in total. The van der Waals surface area contributed by atoms with Gasteiger partial charge < -0.3 is 14.4 Å². The van der Waals surface area contributed by atoms with Crippen molar-refractivity contribution in [2.75, 3.05) is 35.1 Å². The number of fused-ring (bicyclic) bond motifs is 1. The molecule has 7 rings (SSSR count). The number of hydrogen-bond acceptors (Lipinski definition) is 8. The topological polar surface area (TPSA) is 126 Å². The molecule has 1 saturated heterocycles. The third kappa shape index (κ3) is 5.63. The number of anilines is 2. The van der Waals surface area contributed by atoms with E-state index >= 15 is 0 Å². The summed E-state index contributed by atoms with van der Waals surface area (Å²) >= 11 is 0. The fraction of sp³-hybridized carbons (Fsp3) is 0.433. The van der Waals surface area contributed by atoms with E-state index in [9.17, 15) is 17.2 Å². The number of aliphatic hydroxyl groups is 1. The van der Waals surface area contributed by atoms with Crippen molar-refractivity contribution in [2.45, 2.75) is 50.9 Å². The number of aliphatic hydroxyl groups excluding tert-OH is 1. The lowest BCUT2D eigenvalue weighted by Crippen LogP contribution is -2.39. The molecule has 43 heavy (non-hydrogen) atoms. The van der Waals surface area contributed by atoms with Crippen molar-refractivity contribution >= 4 is 38.1 Å². The average molecular weight is 611 g/mol. The van der Waals surface area contributed by atoms with Gasteiger partial charge in [0.1, 0.15) is 5.69 Å². The number of allylic oxidation sites excluding steroid dienone is 2. The normalized spacial score (nSPS) is 19.5. The Balaban J connectivity index is 1.24. The number of nitrogens with zero attached hydrogens (tertiary/aromatic N) is 5. The number of halogens is 2. The summed E-state index contributed by atoms with van der Waals surface area (Å²) in [5.74, 6) is -2.57. The Hall–Kier alpha value is -3.84. The molecule has 0 radical (unpaired) electrons. The van der Waals surface area contributed by atoms with Gasteiger partial charge in [0.05, 0.1) is 36.2 Å². The molecule has 0 amide bonds. The monoisotopic (exact) mass is 610 g/mol. The highest BCUT2D eigenvalue weighted by Gasteiger charge is 2.43. The van der Waals surface area contributed by atoms with Crippen LogP contribution in [0.1, 0.15) is 50.5 Å². The number of hydrogen-bond donors (Lipinski definition) is 2. The summed E-state index contributed by atoms with van der Waals surface area (Å²) in [6.45, 7) is -0.139. The Morgan fingerprint density at radius 3 is 2.58 bits per heavy atom. The van der Waals surface area contributed by atoms with E-state index in [1.807, 2.05) is 23.1 Å². The SMILES string of the molecule is O=S(=O)(CCO)Nc1ccc(-n2cc(-c3cc4ccoc4c(N4CCC(F)(F)CC4)n3)nn2)c(C2=CCC3(CC2)CC3)c1. The molecule has 226 valence electrons. The zero-order chi connectivity index (χ0) is 29.8. The second kappa shape index (κ2) is 10.4. The first-order chi connectivity index (χ1) is 20.6. The fourth-order valence-corrected chi connectivity index (χ4v) is 6.90. The number of rotatable bonds is 8. The second-order valence-electron chi connectivity index (χ2n) is 11.9. The minimum absolute atomic E-state index is 0.167. The number of piperidine rings is 1. The van der Waals surface area contributed by atoms with Crippen LogP contribution in [0.3, 0.4) is 0 Å². The number of alkyl halides is 2. The Kier molecular flexibility index (Phi) is 6.77. The predicted molar refractivity (Wildman–Crippen MR) is 159 cm³/mol. The molecule has 10 nitrogen and oxygen atoms in total. The zero-order valence-corrected chi connectivity index (χ0v) is 24.3. The van der Waals surface area contributed by atoms with Gasteiger partial charge in [0.25, 0.3) is 5.92 Å². The molecule has 3 aliphatic rings. The van der Waals surface area contributed by atoms with Gasteiger partial charge in [-0.3, -0.25) is 4.72 Å². The molecule has 3 aromatic heterocycles. The summed E-state index contributed by atoms with van der Waals surface area (Å²) < 4.78 is 62.4. The standard InChI is InChI=1S/C30H32F2N6O4S/c31-30(32)10-12-37(13-11-30)28-27-21(5-15-42-27)17-24(33-28)25-19-38(36-34-25)26-2-1-22(35-43(40,41)16-14-39)18-23(26)20-3-6-29(7-4-20)8-9-29/h1-3,5,15,17-19,35,39H,4,6-14,16H2. The highest BCUT2D eigenvalue weighted by Crippen LogP contribution is 2.56. The summed E-state index contributed by atoms with van der Waals surface area (Å²) in [7, 11) is -3.70. The Bertz CT molecular complexity index is 1820. The molecule has 4 heterocycles. The van der Waals surface area contributed by atoms with Crippen molar-refractivity contribution in [3.63, 3.8) is 0 Å². The van der Waals surface area contributed by atoms with Gasteiger partial charge in [0, 0.05) is 42.6 Å². The minimum atomic E-state index is -3.70. The van der Waals surface area contributed by atoms with Crippen LogP contribution in [0.2, 0.25) is 0 Å². The highest BCUT2D eigenvalue weighted by molar-refractivity contribution is 7.92. The van der Waals surface area contributed by atoms with E-state index in [1.165, 1.54) is 12.8 Å². The third-order valence-electron chi connectivity index (χ3n) is 8.85. The van der Waals surface area contributed by atoms with Crippen LogP contribution >= 0.6 is 0 Å². The van der Waals surface area contributed by atoms with Crippen LogP contribution in [0.4, 0.5) is 20.3 Å². The summed E-state index contributed by atoms with van der Waals surface area (Å²) in [5, 5.41) is 18.8. The minimum Gasteiger partial charge on any atom is -0.460 e. The van der Waals surface area contributed by atoms with E-state index in [0.717, 1.165) is 41.5 Å². The Labute approximate surface area is 247 Å². The van der Waals surface area contributed by atoms with Gasteiger partial charge in [0.15, 0.2) is 11.4 Å². The number of furan rings is 1. The van der Waals surface area contributed by atoms with Crippen LogP contribution in [0.15, 0.2) is 53.3 Å². The van der Waals surface area contributed by atoms with E-state index in [1.54, 1.807) is 29.3 Å². The maximum absolute atomic E-state index is 13.9. The Morgan fingerprint density at radius 1 is 1.05 bits per heavy atom. The number of benzene rings is 1.